The summed E-state index contributed by atoms with van der Waals surface area (Å²) in [6, 6.07) is 7.90. The summed E-state index contributed by atoms with van der Waals surface area (Å²) in [5, 5.41) is 10.7. The van der Waals surface area contributed by atoms with Crippen LogP contribution in [0, 0.1) is 0 Å². The zero-order valence-electron chi connectivity index (χ0n) is 9.14. The van der Waals surface area contributed by atoms with Gasteiger partial charge in [0.2, 0.25) is 0 Å². The fourth-order valence-electron chi connectivity index (χ4n) is 1.78. The largest absolute Gasteiger partial charge is 0.507 e. The number of methoxy groups -OCH3 is 1. The van der Waals surface area contributed by atoms with E-state index in [1.165, 1.54) is 13.2 Å². The molecule has 1 N–H and O–H groups in total. The highest BCUT2D eigenvalue weighted by Crippen LogP contribution is 2.28. The maximum absolute atomic E-state index is 11.5. The zero-order valence-corrected chi connectivity index (χ0v) is 9.14. The van der Waals surface area contributed by atoms with Crippen LogP contribution in [-0.2, 0) is 4.74 Å². The Morgan fingerprint density at radius 3 is 2.65 bits per heavy atom. The molecule has 0 saturated heterocycles. The Bertz CT molecular complexity index is 602. The van der Waals surface area contributed by atoms with Crippen LogP contribution in [-0.4, -0.2) is 24.5 Å². The molecule has 0 aromatic heterocycles. The van der Waals surface area contributed by atoms with Crippen LogP contribution in [0.15, 0.2) is 30.3 Å². The van der Waals surface area contributed by atoms with Crippen molar-refractivity contribution in [3.8, 4) is 5.75 Å². The van der Waals surface area contributed by atoms with Crippen molar-refractivity contribution in [1.82, 2.24) is 0 Å². The summed E-state index contributed by atoms with van der Waals surface area (Å²) < 4.78 is 4.66. The van der Waals surface area contributed by atoms with Crippen molar-refractivity contribution in [2.45, 2.75) is 0 Å². The number of phenolic OH excluding ortho intramolecular Hbond substituents is 1. The smallest absolute Gasteiger partial charge is 0.338 e. The topological polar surface area (TPSA) is 63.6 Å². The van der Waals surface area contributed by atoms with Gasteiger partial charge in [-0.3, -0.25) is 4.79 Å². The molecule has 0 atom stereocenters. The molecular formula is C13H10O4. The third-order valence-corrected chi connectivity index (χ3v) is 2.60. The summed E-state index contributed by atoms with van der Waals surface area (Å²) in [5.41, 5.74) is 0.543. The predicted molar refractivity (Wildman–Crippen MR) is 62.3 cm³/mol. The molecule has 0 amide bonds. The van der Waals surface area contributed by atoms with E-state index < -0.39 is 5.97 Å². The number of phenols is 1. The lowest BCUT2D eigenvalue weighted by Crippen LogP contribution is -2.02. The minimum Gasteiger partial charge on any atom is -0.507 e. The van der Waals surface area contributed by atoms with Crippen molar-refractivity contribution in [2.24, 2.45) is 0 Å². The molecule has 0 heterocycles. The van der Waals surface area contributed by atoms with Crippen LogP contribution in [0.2, 0.25) is 0 Å². The van der Waals surface area contributed by atoms with Gasteiger partial charge in [-0.25, -0.2) is 4.79 Å². The van der Waals surface area contributed by atoms with Crippen LogP contribution >= 0.6 is 0 Å². The van der Waals surface area contributed by atoms with E-state index in [1.54, 1.807) is 24.3 Å². The van der Waals surface area contributed by atoms with Crippen LogP contribution in [0.25, 0.3) is 10.8 Å². The van der Waals surface area contributed by atoms with E-state index in [9.17, 15) is 14.7 Å². The Labute approximate surface area is 97.4 Å². The van der Waals surface area contributed by atoms with Crippen molar-refractivity contribution in [1.29, 1.82) is 0 Å². The van der Waals surface area contributed by atoms with Gasteiger partial charge in [-0.2, -0.15) is 0 Å². The average Bonchev–Trinajstić information content (AvgIpc) is 2.37. The van der Waals surface area contributed by atoms with E-state index in [0.29, 0.717) is 22.6 Å². The molecule has 4 heteroatoms. The lowest BCUT2D eigenvalue weighted by atomic mass is 10.00. The van der Waals surface area contributed by atoms with Gasteiger partial charge < -0.3 is 9.84 Å². The van der Waals surface area contributed by atoms with Crippen LogP contribution in [0.5, 0.6) is 5.75 Å². The molecule has 0 unspecified atom stereocenters. The summed E-state index contributed by atoms with van der Waals surface area (Å²) >= 11 is 0. The number of fused-ring (bicyclic) bond motifs is 1. The van der Waals surface area contributed by atoms with Gasteiger partial charge in [-0.1, -0.05) is 12.1 Å². The summed E-state index contributed by atoms with van der Waals surface area (Å²) in [5.74, 6) is -0.576. The van der Waals surface area contributed by atoms with Crippen molar-refractivity contribution >= 4 is 23.0 Å². The minimum atomic E-state index is -0.474. The summed E-state index contributed by atoms with van der Waals surface area (Å²) in [6.45, 7) is 0. The second-order valence-electron chi connectivity index (χ2n) is 3.51. The Morgan fingerprint density at radius 1 is 1.24 bits per heavy atom. The van der Waals surface area contributed by atoms with E-state index in [0.717, 1.165) is 0 Å². The van der Waals surface area contributed by atoms with Crippen LogP contribution in [0.3, 0.4) is 0 Å². The van der Waals surface area contributed by atoms with E-state index in [1.807, 2.05) is 0 Å². The first-order chi connectivity index (χ1) is 8.19. The lowest BCUT2D eigenvalue weighted by Gasteiger charge is -2.07. The first kappa shape index (κ1) is 11.1. The van der Waals surface area contributed by atoms with Crippen LogP contribution in [0.1, 0.15) is 20.7 Å². The number of hydrogen-bond donors (Lipinski definition) is 1. The average molecular weight is 230 g/mol. The summed E-state index contributed by atoms with van der Waals surface area (Å²) in [4.78, 5) is 22.5. The fraction of sp³-hybridized carbons (Fsp3) is 0.0769. The minimum absolute atomic E-state index is 0.102. The molecule has 0 saturated carbocycles. The molecule has 86 valence electrons. The Balaban J connectivity index is 2.83. The van der Waals surface area contributed by atoms with Crippen molar-refractivity contribution in [2.75, 3.05) is 7.11 Å². The third-order valence-electron chi connectivity index (χ3n) is 2.60. The van der Waals surface area contributed by atoms with Gasteiger partial charge in [0, 0.05) is 0 Å². The number of ether oxygens (including phenoxy) is 1. The Kier molecular flexibility index (Phi) is 2.78. The van der Waals surface area contributed by atoms with Gasteiger partial charge >= 0.3 is 5.97 Å². The zero-order chi connectivity index (χ0) is 12.4. The maximum atomic E-state index is 11.5. The Morgan fingerprint density at radius 2 is 2.00 bits per heavy atom. The number of carbonyl (C=O) groups is 2. The molecule has 4 nitrogen and oxygen atoms in total. The molecular weight excluding hydrogens is 220 g/mol. The van der Waals surface area contributed by atoms with Crippen LogP contribution in [0.4, 0.5) is 0 Å². The third kappa shape index (κ3) is 1.73. The molecule has 2 rings (SSSR count). The molecule has 0 bridgehead atoms. The highest BCUT2D eigenvalue weighted by atomic mass is 16.5. The van der Waals surface area contributed by atoms with E-state index in [4.69, 9.17) is 0 Å². The number of carbonyl (C=O) groups excluding carboxylic acids is 2. The lowest BCUT2D eigenvalue weighted by molar-refractivity contribution is 0.0603. The molecule has 2 aromatic rings. The van der Waals surface area contributed by atoms with Gasteiger partial charge in [-0.05, 0) is 29.0 Å². The first-order valence-electron chi connectivity index (χ1n) is 4.97. The van der Waals surface area contributed by atoms with E-state index in [-0.39, 0.29) is 11.3 Å². The quantitative estimate of drug-likeness (QED) is 0.634. The van der Waals surface area contributed by atoms with Crippen molar-refractivity contribution in [3.05, 3.63) is 41.5 Å². The molecule has 0 fully saturated rings. The first-order valence-corrected chi connectivity index (χ1v) is 4.97. The second-order valence-corrected chi connectivity index (χ2v) is 3.51. The highest BCUT2D eigenvalue weighted by Gasteiger charge is 2.13. The summed E-state index contributed by atoms with van der Waals surface area (Å²) in [6.07, 6.45) is 0.568. The van der Waals surface area contributed by atoms with Gasteiger partial charge in [0.25, 0.3) is 0 Å². The molecule has 0 radical (unpaired) electrons. The van der Waals surface area contributed by atoms with E-state index in [2.05, 4.69) is 4.74 Å². The number of benzene rings is 2. The van der Waals surface area contributed by atoms with Gasteiger partial charge in [0.15, 0.2) is 6.29 Å². The number of aromatic hydroxyl groups is 1. The molecule has 0 aliphatic heterocycles. The van der Waals surface area contributed by atoms with Crippen LogP contribution < -0.4 is 0 Å². The molecule has 17 heavy (non-hydrogen) atoms. The monoisotopic (exact) mass is 230 g/mol. The SMILES string of the molecule is COC(=O)c1cccc2c(C=O)c(O)ccc12. The molecule has 2 aromatic carbocycles. The van der Waals surface area contributed by atoms with E-state index >= 15 is 0 Å². The number of rotatable bonds is 2. The summed E-state index contributed by atoms with van der Waals surface area (Å²) in [7, 11) is 1.29. The van der Waals surface area contributed by atoms with Gasteiger partial charge in [0.05, 0.1) is 18.2 Å². The van der Waals surface area contributed by atoms with Gasteiger partial charge in [-0.15, -0.1) is 0 Å². The van der Waals surface area contributed by atoms with Crippen molar-refractivity contribution in [3.63, 3.8) is 0 Å². The molecule has 0 spiro atoms. The fourth-order valence-corrected chi connectivity index (χ4v) is 1.78. The Hall–Kier alpha value is -2.36. The highest BCUT2D eigenvalue weighted by molar-refractivity contribution is 6.09. The number of esters is 1. The number of aldehydes is 1. The molecule has 0 aliphatic carbocycles. The molecule has 0 aliphatic rings. The van der Waals surface area contributed by atoms with Gasteiger partial charge in [0.1, 0.15) is 5.75 Å². The van der Waals surface area contributed by atoms with Crippen molar-refractivity contribution < 1.29 is 19.4 Å². The normalized spacial score (nSPS) is 10.2. The standard InChI is InChI=1S/C13H10O4/c1-17-13(16)10-4-2-3-8-9(10)5-6-12(15)11(8)7-14/h2-7,15H,1H3. The second kappa shape index (κ2) is 4.25. The maximum Gasteiger partial charge on any atom is 0.338 e. The predicted octanol–water partition coefficient (Wildman–Crippen LogP) is 2.14. The number of hydrogen-bond acceptors (Lipinski definition) is 4.